The van der Waals surface area contributed by atoms with Crippen LogP contribution in [-0.2, 0) is 14.8 Å². The van der Waals surface area contributed by atoms with E-state index in [1.807, 2.05) is 38.1 Å². The molecule has 0 amide bonds. The fraction of sp³-hybridized carbons (Fsp3) is 0.500. The van der Waals surface area contributed by atoms with E-state index in [4.69, 9.17) is 9.47 Å². The van der Waals surface area contributed by atoms with Gasteiger partial charge in [0.25, 0.3) is 0 Å². The fourth-order valence-corrected chi connectivity index (χ4v) is 5.17. The molecule has 2 atom stereocenters. The summed E-state index contributed by atoms with van der Waals surface area (Å²) in [6, 6.07) is 11.0. The van der Waals surface area contributed by atoms with Crippen molar-refractivity contribution in [3.63, 3.8) is 0 Å². The minimum absolute atomic E-state index is 0.114. The molecular formula is C20H27NO4S. The van der Waals surface area contributed by atoms with E-state index < -0.39 is 10.0 Å². The monoisotopic (exact) mass is 377 g/mol. The number of hydrogen-bond donors (Lipinski definition) is 0. The number of fused-ring (bicyclic) bond motifs is 1. The minimum Gasteiger partial charge on any atom is -0.493 e. The van der Waals surface area contributed by atoms with Gasteiger partial charge in [-0.15, -0.1) is 0 Å². The van der Waals surface area contributed by atoms with Crippen LogP contribution in [0.25, 0.3) is 10.8 Å². The van der Waals surface area contributed by atoms with Crippen molar-refractivity contribution in [2.75, 3.05) is 19.7 Å². The second kappa shape index (κ2) is 7.94. The molecule has 0 N–H and O–H groups in total. The van der Waals surface area contributed by atoms with Gasteiger partial charge >= 0.3 is 0 Å². The van der Waals surface area contributed by atoms with Gasteiger partial charge in [-0.25, -0.2) is 8.42 Å². The maximum absolute atomic E-state index is 13.3. The van der Waals surface area contributed by atoms with Crippen LogP contribution in [0.3, 0.4) is 0 Å². The van der Waals surface area contributed by atoms with Crippen molar-refractivity contribution in [3.05, 3.63) is 36.4 Å². The first-order valence-corrected chi connectivity index (χ1v) is 10.7. The molecule has 0 aromatic heterocycles. The molecule has 0 spiro atoms. The number of benzene rings is 2. The number of rotatable bonds is 6. The van der Waals surface area contributed by atoms with Crippen molar-refractivity contribution in [2.24, 2.45) is 0 Å². The first-order chi connectivity index (χ1) is 12.4. The number of sulfonamides is 1. The standard InChI is InChI=1S/C20H27NO4S/c1-4-5-12-24-19-10-11-20(18-9-7-6-8-17(18)19)26(22,23)21-13-15(2)25-16(3)14-21/h6-11,15-16H,4-5,12-14H2,1-3H3/t15-,16-/m1/s1. The zero-order valence-corrected chi connectivity index (χ0v) is 16.5. The van der Waals surface area contributed by atoms with Gasteiger partial charge in [0.05, 0.1) is 23.7 Å². The summed E-state index contributed by atoms with van der Waals surface area (Å²) in [6.45, 7) is 7.29. The second-order valence-electron chi connectivity index (χ2n) is 6.89. The highest BCUT2D eigenvalue weighted by atomic mass is 32.2. The molecule has 3 rings (SSSR count). The van der Waals surface area contributed by atoms with Crippen molar-refractivity contribution in [1.29, 1.82) is 0 Å². The predicted molar refractivity (Wildman–Crippen MR) is 103 cm³/mol. The highest BCUT2D eigenvalue weighted by Gasteiger charge is 2.33. The summed E-state index contributed by atoms with van der Waals surface area (Å²) in [5, 5.41) is 1.53. The maximum Gasteiger partial charge on any atom is 0.243 e. The Morgan fingerprint density at radius 3 is 2.38 bits per heavy atom. The summed E-state index contributed by atoms with van der Waals surface area (Å²) in [5.41, 5.74) is 0. The van der Waals surface area contributed by atoms with E-state index in [1.54, 1.807) is 12.1 Å². The number of morpholine rings is 1. The van der Waals surface area contributed by atoms with E-state index >= 15 is 0 Å². The minimum atomic E-state index is -3.60. The molecule has 1 saturated heterocycles. The molecule has 2 aromatic carbocycles. The van der Waals surface area contributed by atoms with Crippen LogP contribution in [0.4, 0.5) is 0 Å². The molecule has 1 aliphatic heterocycles. The lowest BCUT2D eigenvalue weighted by molar-refractivity contribution is -0.0440. The molecule has 1 fully saturated rings. The summed E-state index contributed by atoms with van der Waals surface area (Å²) >= 11 is 0. The van der Waals surface area contributed by atoms with Gasteiger partial charge in [0.15, 0.2) is 0 Å². The summed E-state index contributed by atoms with van der Waals surface area (Å²) in [4.78, 5) is 0.331. The third-order valence-corrected chi connectivity index (χ3v) is 6.49. The topological polar surface area (TPSA) is 55.8 Å². The maximum atomic E-state index is 13.3. The van der Waals surface area contributed by atoms with Crippen molar-refractivity contribution < 1.29 is 17.9 Å². The molecule has 0 radical (unpaired) electrons. The lowest BCUT2D eigenvalue weighted by Crippen LogP contribution is -2.48. The molecule has 0 saturated carbocycles. The summed E-state index contributed by atoms with van der Waals surface area (Å²) in [6.07, 6.45) is 1.79. The van der Waals surface area contributed by atoms with Crippen molar-refractivity contribution in [3.8, 4) is 5.75 Å². The predicted octanol–water partition coefficient (Wildman–Crippen LogP) is 3.82. The Balaban J connectivity index is 2.01. The zero-order chi connectivity index (χ0) is 18.7. The quantitative estimate of drug-likeness (QED) is 0.718. The smallest absolute Gasteiger partial charge is 0.243 e. The van der Waals surface area contributed by atoms with E-state index in [2.05, 4.69) is 6.92 Å². The molecule has 142 valence electrons. The Hall–Kier alpha value is -1.63. The van der Waals surface area contributed by atoms with Crippen molar-refractivity contribution in [1.82, 2.24) is 4.31 Å². The average Bonchev–Trinajstić information content (AvgIpc) is 2.61. The van der Waals surface area contributed by atoms with Gasteiger partial charge in [0.2, 0.25) is 10.0 Å². The van der Waals surface area contributed by atoms with Gasteiger partial charge in [-0.1, -0.05) is 37.6 Å². The molecule has 5 nitrogen and oxygen atoms in total. The summed E-state index contributed by atoms with van der Waals surface area (Å²) < 4.78 is 39.7. The molecule has 26 heavy (non-hydrogen) atoms. The van der Waals surface area contributed by atoms with Crippen molar-refractivity contribution in [2.45, 2.75) is 50.7 Å². The zero-order valence-electron chi connectivity index (χ0n) is 15.6. The lowest BCUT2D eigenvalue weighted by atomic mass is 10.1. The molecule has 0 aliphatic carbocycles. The Morgan fingerprint density at radius 2 is 1.73 bits per heavy atom. The van der Waals surface area contributed by atoms with E-state index in [0.29, 0.717) is 30.0 Å². The van der Waals surface area contributed by atoms with Crippen LogP contribution in [-0.4, -0.2) is 44.6 Å². The van der Waals surface area contributed by atoms with E-state index in [9.17, 15) is 8.42 Å². The van der Waals surface area contributed by atoms with Crippen LogP contribution in [0.2, 0.25) is 0 Å². The molecule has 1 heterocycles. The van der Waals surface area contributed by atoms with Crippen LogP contribution in [0.15, 0.2) is 41.3 Å². The Morgan fingerprint density at radius 1 is 1.08 bits per heavy atom. The summed E-state index contributed by atoms with van der Waals surface area (Å²) in [7, 11) is -3.60. The number of unbranched alkanes of at least 4 members (excludes halogenated alkanes) is 1. The molecule has 0 bridgehead atoms. The third kappa shape index (κ3) is 3.87. The van der Waals surface area contributed by atoms with Gasteiger partial charge in [-0.3, -0.25) is 0 Å². The van der Waals surface area contributed by atoms with E-state index in [1.165, 1.54) is 4.31 Å². The van der Waals surface area contributed by atoms with Gasteiger partial charge in [-0.2, -0.15) is 4.31 Å². The average molecular weight is 378 g/mol. The Bertz CT molecular complexity index is 855. The van der Waals surface area contributed by atoms with E-state index in [-0.39, 0.29) is 12.2 Å². The number of ether oxygens (including phenoxy) is 2. The lowest BCUT2D eigenvalue weighted by Gasteiger charge is -2.34. The first kappa shape index (κ1) is 19.1. The van der Waals surface area contributed by atoms with Gasteiger partial charge < -0.3 is 9.47 Å². The van der Waals surface area contributed by atoms with Gasteiger partial charge in [0, 0.05) is 23.9 Å². The normalized spacial score (nSPS) is 21.8. The largest absolute Gasteiger partial charge is 0.493 e. The van der Waals surface area contributed by atoms with E-state index in [0.717, 1.165) is 24.0 Å². The molecule has 6 heteroatoms. The van der Waals surface area contributed by atoms with Crippen molar-refractivity contribution >= 4 is 20.8 Å². The highest BCUT2D eigenvalue weighted by Crippen LogP contribution is 2.33. The molecule has 1 aliphatic rings. The first-order valence-electron chi connectivity index (χ1n) is 9.23. The highest BCUT2D eigenvalue weighted by molar-refractivity contribution is 7.89. The Labute approximate surface area is 156 Å². The molecule has 0 unspecified atom stereocenters. The molecular weight excluding hydrogens is 350 g/mol. The van der Waals surface area contributed by atoms with Gasteiger partial charge in [0.1, 0.15) is 5.75 Å². The summed E-state index contributed by atoms with van der Waals surface area (Å²) in [5.74, 6) is 0.733. The number of nitrogens with zero attached hydrogens (tertiary/aromatic N) is 1. The van der Waals surface area contributed by atoms with Crippen LogP contribution in [0, 0.1) is 0 Å². The number of hydrogen-bond acceptors (Lipinski definition) is 4. The van der Waals surface area contributed by atoms with Crippen LogP contribution >= 0.6 is 0 Å². The fourth-order valence-electron chi connectivity index (χ4n) is 3.39. The van der Waals surface area contributed by atoms with Crippen LogP contribution in [0.1, 0.15) is 33.6 Å². The van der Waals surface area contributed by atoms with Crippen LogP contribution < -0.4 is 4.74 Å². The van der Waals surface area contributed by atoms with Crippen LogP contribution in [0.5, 0.6) is 5.75 Å². The SMILES string of the molecule is CCCCOc1ccc(S(=O)(=O)N2C[C@@H](C)O[C@H](C)C2)c2ccccc12. The third-order valence-electron chi connectivity index (χ3n) is 4.60. The van der Waals surface area contributed by atoms with Gasteiger partial charge in [-0.05, 0) is 32.4 Å². The second-order valence-corrected chi connectivity index (χ2v) is 8.80. The molecule has 2 aromatic rings. The Kier molecular flexibility index (Phi) is 5.85.